The standard InChI is InChI=1S/C14H21N3O4/c1-9-4-2-3-5-10(9)15-13(19)8-21-14(20)11-6-7-12(18)17-16-11/h9-10H,2-8H2,1H3,(H,15,19)(H,17,18)/t9-,10+/m0/s1. The predicted molar refractivity (Wildman–Crippen MR) is 75.3 cm³/mol. The third-order valence-electron chi connectivity index (χ3n) is 3.93. The van der Waals surface area contributed by atoms with Gasteiger partial charge in [0.2, 0.25) is 5.91 Å². The molecule has 2 atom stereocenters. The molecule has 2 amide bonds. The van der Waals surface area contributed by atoms with Gasteiger partial charge in [-0.15, -0.1) is 0 Å². The molecular formula is C14H21N3O4. The van der Waals surface area contributed by atoms with Crippen LogP contribution in [-0.2, 0) is 19.1 Å². The number of rotatable bonds is 4. The van der Waals surface area contributed by atoms with Crippen LogP contribution in [0.2, 0.25) is 0 Å². The highest BCUT2D eigenvalue weighted by molar-refractivity contribution is 6.37. The summed E-state index contributed by atoms with van der Waals surface area (Å²) in [5.41, 5.74) is 2.37. The van der Waals surface area contributed by atoms with E-state index in [0.29, 0.717) is 5.92 Å². The topological polar surface area (TPSA) is 96.9 Å². The number of ether oxygens (including phenoxy) is 1. The Labute approximate surface area is 123 Å². The second kappa shape index (κ2) is 7.19. The molecule has 116 valence electrons. The number of carbonyl (C=O) groups is 3. The van der Waals surface area contributed by atoms with Crippen LogP contribution in [0.3, 0.4) is 0 Å². The van der Waals surface area contributed by atoms with Crippen LogP contribution in [0.1, 0.15) is 45.4 Å². The zero-order valence-corrected chi connectivity index (χ0v) is 12.2. The molecule has 21 heavy (non-hydrogen) atoms. The monoisotopic (exact) mass is 295 g/mol. The Hall–Kier alpha value is -1.92. The van der Waals surface area contributed by atoms with Crippen molar-refractivity contribution >= 4 is 23.5 Å². The van der Waals surface area contributed by atoms with Crippen molar-refractivity contribution in [3.8, 4) is 0 Å². The quantitative estimate of drug-likeness (QED) is 0.738. The highest BCUT2D eigenvalue weighted by atomic mass is 16.5. The zero-order valence-electron chi connectivity index (χ0n) is 12.2. The first-order valence-electron chi connectivity index (χ1n) is 7.38. The van der Waals surface area contributed by atoms with Crippen molar-refractivity contribution in [2.24, 2.45) is 11.0 Å². The van der Waals surface area contributed by atoms with Crippen LogP contribution in [0.15, 0.2) is 5.10 Å². The van der Waals surface area contributed by atoms with E-state index in [2.05, 4.69) is 22.8 Å². The smallest absolute Gasteiger partial charge is 0.355 e. The summed E-state index contributed by atoms with van der Waals surface area (Å²) in [6, 6.07) is 0.163. The van der Waals surface area contributed by atoms with Gasteiger partial charge in [-0.1, -0.05) is 19.8 Å². The summed E-state index contributed by atoms with van der Waals surface area (Å²) in [7, 11) is 0. The van der Waals surface area contributed by atoms with Crippen LogP contribution >= 0.6 is 0 Å². The predicted octanol–water partition coefficient (Wildman–Crippen LogP) is 0.490. The van der Waals surface area contributed by atoms with Crippen molar-refractivity contribution in [3.63, 3.8) is 0 Å². The largest absolute Gasteiger partial charge is 0.451 e. The number of hydrazone groups is 1. The summed E-state index contributed by atoms with van der Waals surface area (Å²) in [5.74, 6) is -0.712. The number of hydrogen-bond acceptors (Lipinski definition) is 5. The Balaban J connectivity index is 1.73. The molecule has 2 aliphatic rings. The third-order valence-corrected chi connectivity index (χ3v) is 3.93. The molecule has 2 N–H and O–H groups in total. The Morgan fingerprint density at radius 3 is 2.76 bits per heavy atom. The highest BCUT2D eigenvalue weighted by Gasteiger charge is 2.24. The van der Waals surface area contributed by atoms with Gasteiger partial charge in [-0.05, 0) is 18.8 Å². The Morgan fingerprint density at radius 2 is 2.10 bits per heavy atom. The van der Waals surface area contributed by atoms with Gasteiger partial charge in [0.1, 0.15) is 5.71 Å². The van der Waals surface area contributed by atoms with Crippen LogP contribution in [0.4, 0.5) is 0 Å². The van der Waals surface area contributed by atoms with E-state index >= 15 is 0 Å². The summed E-state index contributed by atoms with van der Waals surface area (Å²) >= 11 is 0. The normalized spacial score (nSPS) is 25.6. The van der Waals surface area contributed by atoms with E-state index in [0.717, 1.165) is 19.3 Å². The summed E-state index contributed by atoms with van der Waals surface area (Å²) in [6.07, 6.45) is 4.85. The molecule has 0 unspecified atom stereocenters. The second-order valence-electron chi connectivity index (χ2n) is 5.61. The first-order chi connectivity index (χ1) is 10.1. The van der Waals surface area contributed by atoms with E-state index in [-0.39, 0.29) is 43.0 Å². The number of nitrogens with zero attached hydrogens (tertiary/aromatic N) is 1. The lowest BCUT2D eigenvalue weighted by molar-refractivity contribution is -0.142. The fourth-order valence-electron chi connectivity index (χ4n) is 2.61. The van der Waals surface area contributed by atoms with Crippen LogP contribution in [0, 0.1) is 5.92 Å². The van der Waals surface area contributed by atoms with Crippen LogP contribution in [-0.4, -0.2) is 36.1 Å². The van der Waals surface area contributed by atoms with E-state index in [9.17, 15) is 14.4 Å². The van der Waals surface area contributed by atoms with Crippen LogP contribution in [0.5, 0.6) is 0 Å². The van der Waals surface area contributed by atoms with Gasteiger partial charge in [0.25, 0.3) is 5.91 Å². The molecule has 1 aliphatic heterocycles. The Morgan fingerprint density at radius 1 is 1.33 bits per heavy atom. The number of hydrogen-bond donors (Lipinski definition) is 2. The molecule has 0 saturated heterocycles. The van der Waals surface area contributed by atoms with Gasteiger partial charge >= 0.3 is 5.97 Å². The lowest BCUT2D eigenvalue weighted by Crippen LogP contribution is -2.43. The van der Waals surface area contributed by atoms with Gasteiger partial charge in [0.05, 0.1) is 0 Å². The number of esters is 1. The maximum Gasteiger partial charge on any atom is 0.355 e. The molecule has 1 saturated carbocycles. The van der Waals surface area contributed by atoms with Gasteiger partial charge < -0.3 is 10.1 Å². The first kappa shape index (κ1) is 15.5. The number of amides is 2. The minimum Gasteiger partial charge on any atom is -0.451 e. The van der Waals surface area contributed by atoms with Crippen molar-refractivity contribution in [3.05, 3.63) is 0 Å². The van der Waals surface area contributed by atoms with E-state index in [4.69, 9.17) is 4.74 Å². The molecule has 1 heterocycles. The van der Waals surface area contributed by atoms with Crippen molar-refractivity contribution in [2.75, 3.05) is 6.61 Å². The molecular weight excluding hydrogens is 274 g/mol. The molecule has 1 aliphatic carbocycles. The van der Waals surface area contributed by atoms with Gasteiger partial charge in [-0.3, -0.25) is 9.59 Å². The van der Waals surface area contributed by atoms with E-state index < -0.39 is 5.97 Å². The fourth-order valence-corrected chi connectivity index (χ4v) is 2.61. The highest BCUT2D eigenvalue weighted by Crippen LogP contribution is 2.23. The SMILES string of the molecule is C[C@H]1CCCC[C@H]1NC(=O)COC(=O)C1=NNC(=O)CC1. The fraction of sp³-hybridized carbons (Fsp3) is 0.714. The summed E-state index contributed by atoms with van der Waals surface area (Å²) in [6.45, 7) is 1.81. The summed E-state index contributed by atoms with van der Waals surface area (Å²) in [5, 5.41) is 6.54. The minimum absolute atomic E-state index is 0.147. The van der Waals surface area contributed by atoms with Crippen molar-refractivity contribution < 1.29 is 19.1 Å². The summed E-state index contributed by atoms with van der Waals surface area (Å²) in [4.78, 5) is 34.4. The maximum atomic E-state index is 11.8. The van der Waals surface area contributed by atoms with Gasteiger partial charge in [0, 0.05) is 18.9 Å². The number of nitrogens with one attached hydrogen (secondary N) is 2. The lowest BCUT2D eigenvalue weighted by atomic mass is 9.86. The first-order valence-corrected chi connectivity index (χ1v) is 7.38. The van der Waals surface area contributed by atoms with E-state index in [1.807, 2.05) is 0 Å². The molecule has 2 rings (SSSR count). The zero-order chi connectivity index (χ0) is 15.2. The van der Waals surface area contributed by atoms with Crippen molar-refractivity contribution in [1.29, 1.82) is 0 Å². The van der Waals surface area contributed by atoms with Crippen molar-refractivity contribution in [2.45, 2.75) is 51.5 Å². The van der Waals surface area contributed by atoms with E-state index in [1.165, 1.54) is 6.42 Å². The van der Waals surface area contributed by atoms with Crippen LogP contribution < -0.4 is 10.7 Å². The molecule has 0 spiro atoms. The average Bonchev–Trinajstić information content (AvgIpc) is 2.48. The maximum absolute atomic E-state index is 11.8. The molecule has 0 bridgehead atoms. The van der Waals surface area contributed by atoms with Gasteiger partial charge in [-0.25, -0.2) is 10.2 Å². The average molecular weight is 295 g/mol. The summed E-state index contributed by atoms with van der Waals surface area (Å²) < 4.78 is 4.92. The van der Waals surface area contributed by atoms with Gasteiger partial charge in [0.15, 0.2) is 6.61 Å². The molecule has 0 radical (unpaired) electrons. The Kier molecular flexibility index (Phi) is 5.30. The molecule has 7 heteroatoms. The molecule has 0 aromatic carbocycles. The molecule has 1 fully saturated rings. The lowest BCUT2D eigenvalue weighted by Gasteiger charge is -2.29. The van der Waals surface area contributed by atoms with Gasteiger partial charge in [-0.2, -0.15) is 5.10 Å². The van der Waals surface area contributed by atoms with Crippen molar-refractivity contribution in [1.82, 2.24) is 10.7 Å². The molecule has 7 nitrogen and oxygen atoms in total. The Bertz CT molecular complexity index is 461. The molecule has 0 aromatic rings. The molecule has 0 aromatic heterocycles. The minimum atomic E-state index is -0.651. The number of carbonyl (C=O) groups excluding carboxylic acids is 3. The van der Waals surface area contributed by atoms with E-state index in [1.54, 1.807) is 0 Å². The van der Waals surface area contributed by atoms with Crippen LogP contribution in [0.25, 0.3) is 0 Å². The second-order valence-corrected chi connectivity index (χ2v) is 5.61. The third kappa shape index (κ3) is 4.54.